The predicted molar refractivity (Wildman–Crippen MR) is 79.3 cm³/mol. The second-order valence-electron chi connectivity index (χ2n) is 4.45. The zero-order chi connectivity index (χ0) is 15.5. The summed E-state index contributed by atoms with van der Waals surface area (Å²) in [5, 5.41) is 3.25. The third-order valence-corrected chi connectivity index (χ3v) is 6.46. The number of thiophene rings is 1. The van der Waals surface area contributed by atoms with Gasteiger partial charge in [0.15, 0.2) is 9.84 Å². The maximum absolute atomic E-state index is 13.0. The van der Waals surface area contributed by atoms with Crippen molar-refractivity contribution in [3.63, 3.8) is 0 Å². The van der Waals surface area contributed by atoms with Gasteiger partial charge >= 0.3 is 0 Å². The van der Waals surface area contributed by atoms with Crippen molar-refractivity contribution >= 4 is 27.1 Å². The molecule has 1 aromatic heterocycles. The van der Waals surface area contributed by atoms with Crippen molar-refractivity contribution in [1.29, 1.82) is 0 Å². The Kier molecular flexibility index (Phi) is 4.74. The number of carbonyl (C=O) groups is 1. The van der Waals surface area contributed by atoms with Crippen molar-refractivity contribution < 1.29 is 17.6 Å². The summed E-state index contributed by atoms with van der Waals surface area (Å²) in [6.07, 6.45) is 0. The molecule has 7 heteroatoms. The van der Waals surface area contributed by atoms with E-state index in [1.165, 1.54) is 37.3 Å². The number of rotatable bonds is 5. The Morgan fingerprint density at radius 1 is 1.29 bits per heavy atom. The molecule has 0 spiro atoms. The van der Waals surface area contributed by atoms with Gasteiger partial charge in [0, 0.05) is 13.5 Å². The summed E-state index contributed by atoms with van der Waals surface area (Å²) in [5.74, 6) is -0.756. The molecule has 1 N–H and O–H groups in total. The second kappa shape index (κ2) is 6.36. The van der Waals surface area contributed by atoms with E-state index in [-0.39, 0.29) is 16.7 Å². The average molecular weight is 327 g/mol. The maximum Gasteiger partial charge on any atom is 0.216 e. The van der Waals surface area contributed by atoms with Gasteiger partial charge in [0.1, 0.15) is 15.3 Å². The Morgan fingerprint density at radius 2 is 1.95 bits per heavy atom. The monoisotopic (exact) mass is 327 g/mol. The minimum atomic E-state index is -3.64. The van der Waals surface area contributed by atoms with E-state index in [9.17, 15) is 17.6 Å². The first-order valence-corrected chi connectivity index (χ1v) is 8.61. The fraction of sp³-hybridized carbons (Fsp3) is 0.214. The Morgan fingerprint density at radius 3 is 2.48 bits per heavy atom. The van der Waals surface area contributed by atoms with E-state index in [0.29, 0.717) is 5.56 Å². The van der Waals surface area contributed by atoms with Crippen LogP contribution in [0.1, 0.15) is 17.7 Å². The number of benzene rings is 1. The fourth-order valence-electron chi connectivity index (χ4n) is 1.89. The molecule has 1 heterocycles. The van der Waals surface area contributed by atoms with Gasteiger partial charge in [0.05, 0.1) is 0 Å². The highest BCUT2D eigenvalue weighted by atomic mass is 32.2. The number of nitrogens with one attached hydrogen (secondary N) is 1. The summed E-state index contributed by atoms with van der Waals surface area (Å²) in [4.78, 5) is 11.1. The molecule has 1 atom stereocenters. The van der Waals surface area contributed by atoms with Gasteiger partial charge in [-0.15, -0.1) is 11.3 Å². The number of halogens is 1. The molecule has 0 unspecified atom stereocenters. The molecule has 0 aliphatic carbocycles. The van der Waals surface area contributed by atoms with Gasteiger partial charge in [-0.2, -0.15) is 0 Å². The molecule has 1 aromatic carbocycles. The van der Waals surface area contributed by atoms with Gasteiger partial charge in [-0.25, -0.2) is 12.8 Å². The van der Waals surface area contributed by atoms with Crippen LogP contribution < -0.4 is 5.32 Å². The normalized spacial score (nSPS) is 12.9. The SMILES string of the molecule is CC(=O)NC[C@H](c1ccc(F)cc1)S(=O)(=O)c1cccs1. The third-order valence-electron chi connectivity index (χ3n) is 2.93. The van der Waals surface area contributed by atoms with Crippen molar-refractivity contribution in [2.75, 3.05) is 6.54 Å². The topological polar surface area (TPSA) is 63.2 Å². The van der Waals surface area contributed by atoms with E-state index >= 15 is 0 Å². The van der Waals surface area contributed by atoms with E-state index in [1.54, 1.807) is 11.4 Å². The molecule has 112 valence electrons. The molecule has 1 amide bonds. The number of carbonyl (C=O) groups excluding carboxylic acids is 1. The molecule has 0 bridgehead atoms. The first kappa shape index (κ1) is 15.7. The molecule has 0 aliphatic rings. The van der Waals surface area contributed by atoms with Gasteiger partial charge < -0.3 is 5.32 Å². The summed E-state index contributed by atoms with van der Waals surface area (Å²) in [6.45, 7) is 1.26. The number of sulfone groups is 1. The molecule has 0 radical (unpaired) electrons. The van der Waals surface area contributed by atoms with E-state index < -0.39 is 20.9 Å². The summed E-state index contributed by atoms with van der Waals surface area (Å²) >= 11 is 1.12. The van der Waals surface area contributed by atoms with Gasteiger partial charge in [0.2, 0.25) is 5.91 Å². The summed E-state index contributed by atoms with van der Waals surface area (Å²) in [7, 11) is -3.64. The molecule has 21 heavy (non-hydrogen) atoms. The molecular formula is C14H14FNO3S2. The summed E-state index contributed by atoms with van der Waals surface area (Å²) in [5.41, 5.74) is 0.443. The second-order valence-corrected chi connectivity index (χ2v) is 7.76. The summed E-state index contributed by atoms with van der Waals surface area (Å²) in [6, 6.07) is 8.43. The smallest absolute Gasteiger partial charge is 0.216 e. The minimum absolute atomic E-state index is 0.0544. The molecule has 4 nitrogen and oxygen atoms in total. The van der Waals surface area contributed by atoms with Crippen molar-refractivity contribution in [2.24, 2.45) is 0 Å². The van der Waals surface area contributed by atoms with Crippen LogP contribution in [0.15, 0.2) is 46.0 Å². The van der Waals surface area contributed by atoms with E-state index in [0.717, 1.165) is 11.3 Å². The Labute approximate surface area is 126 Å². The standard InChI is InChI=1S/C14H14FNO3S2/c1-10(17)16-9-13(11-4-6-12(15)7-5-11)21(18,19)14-3-2-8-20-14/h2-8,13H,9H2,1H3,(H,16,17)/t13-/m1/s1. The molecule has 2 aromatic rings. The lowest BCUT2D eigenvalue weighted by Gasteiger charge is -2.17. The lowest BCUT2D eigenvalue weighted by molar-refractivity contribution is -0.118. The highest BCUT2D eigenvalue weighted by Crippen LogP contribution is 2.31. The fourth-order valence-corrected chi connectivity index (χ4v) is 4.75. The van der Waals surface area contributed by atoms with Crippen molar-refractivity contribution in [3.8, 4) is 0 Å². The zero-order valence-corrected chi connectivity index (χ0v) is 12.9. The van der Waals surface area contributed by atoms with Crippen LogP contribution in [0.3, 0.4) is 0 Å². The third kappa shape index (κ3) is 3.68. The molecule has 0 saturated heterocycles. The van der Waals surface area contributed by atoms with Gasteiger partial charge in [-0.1, -0.05) is 18.2 Å². The lowest BCUT2D eigenvalue weighted by Crippen LogP contribution is -2.30. The first-order valence-electron chi connectivity index (χ1n) is 6.18. The summed E-state index contributed by atoms with van der Waals surface area (Å²) < 4.78 is 38.6. The Bertz CT molecular complexity index is 709. The van der Waals surface area contributed by atoms with Crippen LogP contribution in [0, 0.1) is 5.82 Å². The largest absolute Gasteiger partial charge is 0.355 e. The van der Waals surface area contributed by atoms with E-state index in [1.807, 2.05) is 0 Å². The quantitative estimate of drug-likeness (QED) is 0.918. The van der Waals surface area contributed by atoms with Crippen molar-refractivity contribution in [3.05, 3.63) is 53.2 Å². The van der Waals surface area contributed by atoms with Gasteiger partial charge in [0.25, 0.3) is 0 Å². The first-order chi connectivity index (χ1) is 9.91. The zero-order valence-electron chi connectivity index (χ0n) is 11.2. The van der Waals surface area contributed by atoms with Gasteiger partial charge in [-0.3, -0.25) is 4.79 Å². The van der Waals surface area contributed by atoms with Crippen LogP contribution >= 0.6 is 11.3 Å². The molecule has 0 aliphatic heterocycles. The van der Waals surface area contributed by atoms with Crippen LogP contribution in [0.25, 0.3) is 0 Å². The number of amides is 1. The van der Waals surface area contributed by atoms with Crippen LogP contribution in [0.5, 0.6) is 0 Å². The van der Waals surface area contributed by atoms with Crippen molar-refractivity contribution in [1.82, 2.24) is 5.32 Å². The predicted octanol–water partition coefficient (Wildman–Crippen LogP) is 2.54. The maximum atomic E-state index is 13.0. The average Bonchev–Trinajstić information content (AvgIpc) is 2.95. The molecule has 0 saturated carbocycles. The Hall–Kier alpha value is -1.73. The van der Waals surface area contributed by atoms with Crippen LogP contribution in [-0.4, -0.2) is 20.9 Å². The van der Waals surface area contributed by atoms with E-state index in [2.05, 4.69) is 5.32 Å². The Balaban J connectivity index is 2.41. The number of hydrogen-bond donors (Lipinski definition) is 1. The van der Waals surface area contributed by atoms with Gasteiger partial charge in [-0.05, 0) is 29.1 Å². The molecule has 0 fully saturated rings. The van der Waals surface area contributed by atoms with Crippen molar-refractivity contribution in [2.45, 2.75) is 16.4 Å². The van der Waals surface area contributed by atoms with Crippen LogP contribution in [0.2, 0.25) is 0 Å². The van der Waals surface area contributed by atoms with Crippen LogP contribution in [-0.2, 0) is 14.6 Å². The van der Waals surface area contributed by atoms with Crippen LogP contribution in [0.4, 0.5) is 4.39 Å². The number of hydrogen-bond acceptors (Lipinski definition) is 4. The molecule has 2 rings (SSSR count). The lowest BCUT2D eigenvalue weighted by atomic mass is 10.1. The molecular weight excluding hydrogens is 313 g/mol. The highest BCUT2D eigenvalue weighted by molar-refractivity contribution is 7.93. The minimum Gasteiger partial charge on any atom is -0.355 e. The highest BCUT2D eigenvalue weighted by Gasteiger charge is 2.30. The van der Waals surface area contributed by atoms with E-state index in [4.69, 9.17) is 0 Å².